The summed E-state index contributed by atoms with van der Waals surface area (Å²) in [6, 6.07) is 4.43. The number of fused-ring (bicyclic) bond motifs is 1. The van der Waals surface area contributed by atoms with Gasteiger partial charge >= 0.3 is 0 Å². The topological polar surface area (TPSA) is 75.1 Å². The SMILES string of the molecule is O=C(Nc1ccn[nH]1)c1ncc2c(F)cccn12. The van der Waals surface area contributed by atoms with E-state index in [4.69, 9.17) is 0 Å². The second-order valence-electron chi connectivity index (χ2n) is 3.62. The van der Waals surface area contributed by atoms with E-state index < -0.39 is 11.7 Å². The molecule has 90 valence electrons. The number of aromatic amines is 1. The number of carbonyl (C=O) groups excluding carboxylic acids is 1. The van der Waals surface area contributed by atoms with Crippen molar-refractivity contribution < 1.29 is 9.18 Å². The zero-order chi connectivity index (χ0) is 12.5. The van der Waals surface area contributed by atoms with Crippen LogP contribution in [0, 0.1) is 5.82 Å². The molecule has 1 amide bonds. The minimum absolute atomic E-state index is 0.110. The number of hydrogen-bond acceptors (Lipinski definition) is 3. The summed E-state index contributed by atoms with van der Waals surface area (Å²) < 4.78 is 14.8. The average molecular weight is 245 g/mol. The molecule has 0 saturated carbocycles. The molecule has 0 spiro atoms. The van der Waals surface area contributed by atoms with Crippen LogP contribution in [0.3, 0.4) is 0 Å². The van der Waals surface area contributed by atoms with Gasteiger partial charge in [0.25, 0.3) is 5.91 Å². The third kappa shape index (κ3) is 1.61. The largest absolute Gasteiger partial charge is 0.304 e. The Labute approximate surface area is 100 Å². The Balaban J connectivity index is 1.99. The molecule has 0 radical (unpaired) electrons. The van der Waals surface area contributed by atoms with Gasteiger partial charge in [0.15, 0.2) is 0 Å². The van der Waals surface area contributed by atoms with Gasteiger partial charge in [-0.1, -0.05) is 0 Å². The van der Waals surface area contributed by atoms with Crippen molar-refractivity contribution in [1.82, 2.24) is 19.6 Å². The summed E-state index contributed by atoms with van der Waals surface area (Å²) in [5, 5.41) is 8.88. The predicted molar refractivity (Wildman–Crippen MR) is 61.7 cm³/mol. The van der Waals surface area contributed by atoms with Crippen molar-refractivity contribution in [2.75, 3.05) is 5.32 Å². The Morgan fingerprint density at radius 3 is 3.11 bits per heavy atom. The van der Waals surface area contributed by atoms with E-state index in [1.54, 1.807) is 12.3 Å². The molecular weight excluding hydrogens is 237 g/mol. The highest BCUT2D eigenvalue weighted by Gasteiger charge is 2.14. The van der Waals surface area contributed by atoms with Gasteiger partial charge in [-0.05, 0) is 12.1 Å². The molecule has 3 aromatic rings. The third-order valence-electron chi connectivity index (χ3n) is 2.47. The monoisotopic (exact) mass is 245 g/mol. The fourth-order valence-electron chi connectivity index (χ4n) is 1.66. The first kappa shape index (κ1) is 10.5. The van der Waals surface area contributed by atoms with E-state index in [1.165, 1.54) is 28.9 Å². The number of anilines is 1. The van der Waals surface area contributed by atoms with E-state index in [1.807, 2.05) is 0 Å². The highest BCUT2D eigenvalue weighted by Crippen LogP contribution is 2.12. The summed E-state index contributed by atoms with van der Waals surface area (Å²) in [7, 11) is 0. The molecule has 0 aliphatic heterocycles. The van der Waals surface area contributed by atoms with Crippen LogP contribution in [0.4, 0.5) is 10.2 Å². The zero-order valence-electron chi connectivity index (χ0n) is 9.09. The molecule has 0 atom stereocenters. The fourth-order valence-corrected chi connectivity index (χ4v) is 1.66. The first-order chi connectivity index (χ1) is 8.75. The lowest BCUT2D eigenvalue weighted by atomic mass is 10.4. The van der Waals surface area contributed by atoms with Gasteiger partial charge in [0.1, 0.15) is 17.2 Å². The van der Waals surface area contributed by atoms with Gasteiger partial charge < -0.3 is 5.32 Å². The van der Waals surface area contributed by atoms with Crippen molar-refractivity contribution in [1.29, 1.82) is 0 Å². The number of aromatic nitrogens is 4. The molecule has 0 aliphatic rings. The highest BCUT2D eigenvalue weighted by atomic mass is 19.1. The van der Waals surface area contributed by atoms with Gasteiger partial charge in [0.05, 0.1) is 12.4 Å². The van der Waals surface area contributed by atoms with Crippen molar-refractivity contribution in [3.63, 3.8) is 0 Å². The van der Waals surface area contributed by atoms with Crippen LogP contribution >= 0.6 is 0 Å². The van der Waals surface area contributed by atoms with E-state index in [2.05, 4.69) is 20.5 Å². The van der Waals surface area contributed by atoms with Crippen molar-refractivity contribution in [3.05, 3.63) is 48.4 Å². The summed E-state index contributed by atoms with van der Waals surface area (Å²) in [6.07, 6.45) is 4.41. The van der Waals surface area contributed by atoms with E-state index in [9.17, 15) is 9.18 Å². The van der Waals surface area contributed by atoms with E-state index in [0.29, 0.717) is 5.82 Å². The van der Waals surface area contributed by atoms with Crippen LogP contribution in [0.2, 0.25) is 0 Å². The number of nitrogens with one attached hydrogen (secondary N) is 2. The Morgan fingerprint density at radius 2 is 2.33 bits per heavy atom. The summed E-state index contributed by atoms with van der Waals surface area (Å²) in [6.45, 7) is 0. The Kier molecular flexibility index (Phi) is 2.30. The first-order valence-electron chi connectivity index (χ1n) is 5.18. The normalized spacial score (nSPS) is 10.7. The van der Waals surface area contributed by atoms with Crippen LogP contribution in [-0.2, 0) is 0 Å². The van der Waals surface area contributed by atoms with Crippen molar-refractivity contribution in [3.8, 4) is 0 Å². The molecule has 2 N–H and O–H groups in total. The van der Waals surface area contributed by atoms with Gasteiger partial charge in [-0.15, -0.1) is 0 Å². The van der Waals surface area contributed by atoms with Crippen LogP contribution in [-0.4, -0.2) is 25.5 Å². The summed E-state index contributed by atoms with van der Waals surface area (Å²) in [5.41, 5.74) is 0.257. The summed E-state index contributed by atoms with van der Waals surface area (Å²) in [4.78, 5) is 15.8. The molecule has 0 aliphatic carbocycles. The minimum Gasteiger partial charge on any atom is -0.304 e. The molecular formula is C11H8FN5O. The fraction of sp³-hybridized carbons (Fsp3) is 0. The lowest BCUT2D eigenvalue weighted by Gasteiger charge is -2.01. The van der Waals surface area contributed by atoms with E-state index in [0.717, 1.165) is 0 Å². The third-order valence-corrected chi connectivity index (χ3v) is 2.47. The van der Waals surface area contributed by atoms with Gasteiger partial charge in [-0.3, -0.25) is 14.3 Å². The van der Waals surface area contributed by atoms with Crippen molar-refractivity contribution in [2.24, 2.45) is 0 Å². The lowest BCUT2D eigenvalue weighted by Crippen LogP contribution is -2.15. The molecule has 0 unspecified atom stereocenters. The molecule has 0 saturated heterocycles. The van der Waals surface area contributed by atoms with Gasteiger partial charge in [0, 0.05) is 12.3 Å². The minimum atomic E-state index is -0.440. The zero-order valence-corrected chi connectivity index (χ0v) is 9.09. The molecule has 6 nitrogen and oxygen atoms in total. The molecule has 3 aromatic heterocycles. The molecule has 0 bridgehead atoms. The van der Waals surface area contributed by atoms with Gasteiger partial charge in [-0.25, -0.2) is 9.37 Å². The number of rotatable bonds is 2. The quantitative estimate of drug-likeness (QED) is 0.717. The van der Waals surface area contributed by atoms with Crippen LogP contribution in [0.15, 0.2) is 36.8 Å². The number of halogens is 1. The molecule has 0 fully saturated rings. The maximum atomic E-state index is 13.4. The highest BCUT2D eigenvalue weighted by molar-refractivity contribution is 6.01. The smallest absolute Gasteiger partial charge is 0.293 e. The Hall–Kier alpha value is -2.70. The molecule has 3 heterocycles. The average Bonchev–Trinajstić information content (AvgIpc) is 2.98. The van der Waals surface area contributed by atoms with E-state index in [-0.39, 0.29) is 11.3 Å². The number of pyridine rings is 1. The van der Waals surface area contributed by atoms with Crippen LogP contribution < -0.4 is 5.32 Å². The van der Waals surface area contributed by atoms with Crippen LogP contribution in [0.5, 0.6) is 0 Å². The van der Waals surface area contributed by atoms with Gasteiger partial charge in [0.2, 0.25) is 5.82 Å². The van der Waals surface area contributed by atoms with Crippen LogP contribution in [0.1, 0.15) is 10.6 Å². The molecule has 7 heteroatoms. The van der Waals surface area contributed by atoms with Crippen LogP contribution in [0.25, 0.3) is 5.52 Å². The maximum Gasteiger partial charge on any atom is 0.293 e. The summed E-state index contributed by atoms with van der Waals surface area (Å²) in [5.74, 6) is -0.303. The van der Waals surface area contributed by atoms with Crippen molar-refractivity contribution in [2.45, 2.75) is 0 Å². The predicted octanol–water partition coefficient (Wildman–Crippen LogP) is 1.45. The van der Waals surface area contributed by atoms with Crippen molar-refractivity contribution >= 4 is 17.2 Å². The lowest BCUT2D eigenvalue weighted by molar-refractivity contribution is 0.101. The molecule has 18 heavy (non-hydrogen) atoms. The Bertz CT molecular complexity index is 703. The van der Waals surface area contributed by atoms with Gasteiger partial charge in [-0.2, -0.15) is 5.10 Å². The Morgan fingerprint density at radius 1 is 1.44 bits per heavy atom. The van der Waals surface area contributed by atoms with E-state index >= 15 is 0 Å². The molecule has 3 rings (SSSR count). The maximum absolute atomic E-state index is 13.4. The number of imidazole rings is 1. The number of H-pyrrole nitrogens is 1. The molecule has 0 aromatic carbocycles. The summed E-state index contributed by atoms with van der Waals surface area (Å²) >= 11 is 0. The number of amides is 1. The number of nitrogens with zero attached hydrogens (tertiary/aromatic N) is 3. The number of hydrogen-bond donors (Lipinski definition) is 2. The number of carbonyl (C=O) groups is 1. The second kappa shape index (κ2) is 3.95. The first-order valence-corrected chi connectivity index (χ1v) is 5.18. The second-order valence-corrected chi connectivity index (χ2v) is 3.62. The standard InChI is InChI=1S/C11H8FN5O/c12-7-2-1-5-17-8(7)6-13-10(17)11(18)15-9-3-4-14-16-9/h1-6H,(H2,14,15,16,18).